The average molecular weight is 345 g/mol. The van der Waals surface area contributed by atoms with Gasteiger partial charge in [-0.1, -0.05) is 60.7 Å². The number of carbonyl (C=O) groups is 1. The summed E-state index contributed by atoms with van der Waals surface area (Å²) in [6.45, 7) is 0.788. The molecule has 2 aromatic carbocycles. The van der Waals surface area contributed by atoms with Crippen LogP contribution in [0.25, 0.3) is 0 Å². The highest BCUT2D eigenvalue weighted by atomic mass is 16.1. The normalized spacial score (nSPS) is 10.3. The molecular weight excluding hydrogens is 322 g/mol. The maximum Gasteiger partial charge on any atom is 0.224 e. The van der Waals surface area contributed by atoms with E-state index < -0.39 is 0 Å². The van der Waals surface area contributed by atoms with Crippen LogP contribution in [0.2, 0.25) is 0 Å². The van der Waals surface area contributed by atoms with E-state index in [2.05, 4.69) is 27.3 Å². The van der Waals surface area contributed by atoms with Gasteiger partial charge in [0.15, 0.2) is 0 Å². The summed E-state index contributed by atoms with van der Waals surface area (Å²) < 4.78 is 0. The quantitative estimate of drug-likeness (QED) is 0.695. The summed E-state index contributed by atoms with van der Waals surface area (Å²) in [5.74, 6) is 0.872. The highest BCUT2D eigenvalue weighted by Gasteiger charge is 2.06. The maximum atomic E-state index is 12.1. The first kappa shape index (κ1) is 17.7. The minimum Gasteiger partial charge on any atom is -0.355 e. The van der Waals surface area contributed by atoms with Gasteiger partial charge in [0.2, 0.25) is 5.91 Å². The van der Waals surface area contributed by atoms with E-state index in [1.807, 2.05) is 67.7 Å². The van der Waals surface area contributed by atoms with E-state index in [4.69, 9.17) is 0 Å². The predicted molar refractivity (Wildman–Crippen MR) is 106 cm³/mol. The highest BCUT2D eigenvalue weighted by Crippen LogP contribution is 2.16. The van der Waals surface area contributed by atoms with Crippen LogP contribution >= 0.6 is 0 Å². The lowest BCUT2D eigenvalue weighted by atomic mass is 10.1. The Bertz CT molecular complexity index is 817. The molecule has 0 unspecified atom stereocenters. The van der Waals surface area contributed by atoms with Gasteiger partial charge in [0.1, 0.15) is 5.82 Å². The lowest BCUT2D eigenvalue weighted by Gasteiger charge is -2.18. The lowest BCUT2D eigenvalue weighted by Crippen LogP contribution is -2.18. The fourth-order valence-corrected chi connectivity index (χ4v) is 2.75. The van der Waals surface area contributed by atoms with Gasteiger partial charge < -0.3 is 10.2 Å². The standard InChI is InChI=1S/C22H23N3O/c1-25(17-19-10-6-3-7-11-19)21-14-13-20(16-23-21)24-22(26)15-12-18-8-4-2-5-9-18/h2-11,13-14,16H,12,15,17H2,1H3,(H,24,26). The Kier molecular flexibility index (Phi) is 5.99. The minimum atomic E-state index is 0.000966. The number of nitrogens with zero attached hydrogens (tertiary/aromatic N) is 2. The third kappa shape index (κ3) is 5.18. The Morgan fingerprint density at radius 3 is 2.19 bits per heavy atom. The first-order chi connectivity index (χ1) is 12.7. The number of pyridine rings is 1. The number of amides is 1. The molecular formula is C22H23N3O. The van der Waals surface area contributed by atoms with E-state index >= 15 is 0 Å². The van der Waals surface area contributed by atoms with Crippen molar-refractivity contribution < 1.29 is 4.79 Å². The second-order valence-electron chi connectivity index (χ2n) is 6.28. The number of anilines is 2. The second-order valence-corrected chi connectivity index (χ2v) is 6.28. The number of hydrogen-bond acceptors (Lipinski definition) is 3. The molecule has 1 amide bonds. The van der Waals surface area contributed by atoms with Crippen molar-refractivity contribution in [3.05, 3.63) is 90.1 Å². The summed E-state index contributed by atoms with van der Waals surface area (Å²) in [7, 11) is 2.01. The van der Waals surface area contributed by atoms with Crippen LogP contribution in [0.3, 0.4) is 0 Å². The van der Waals surface area contributed by atoms with Crippen LogP contribution in [0.15, 0.2) is 79.0 Å². The molecule has 3 aromatic rings. The van der Waals surface area contributed by atoms with Gasteiger partial charge in [0, 0.05) is 20.0 Å². The minimum absolute atomic E-state index is 0.000966. The van der Waals surface area contributed by atoms with Gasteiger partial charge in [-0.3, -0.25) is 4.79 Å². The van der Waals surface area contributed by atoms with Crippen LogP contribution in [0.5, 0.6) is 0 Å². The lowest BCUT2D eigenvalue weighted by molar-refractivity contribution is -0.116. The van der Waals surface area contributed by atoms with Crippen molar-refractivity contribution in [2.24, 2.45) is 0 Å². The molecule has 0 aliphatic rings. The van der Waals surface area contributed by atoms with Crippen LogP contribution in [-0.2, 0) is 17.8 Å². The van der Waals surface area contributed by atoms with E-state index in [1.165, 1.54) is 11.1 Å². The maximum absolute atomic E-state index is 12.1. The van der Waals surface area contributed by atoms with Gasteiger partial charge in [0.25, 0.3) is 0 Å². The molecule has 0 saturated heterocycles. The summed E-state index contributed by atoms with van der Waals surface area (Å²) in [5.41, 5.74) is 3.12. The molecule has 0 bridgehead atoms. The van der Waals surface area contributed by atoms with E-state index in [0.717, 1.165) is 24.5 Å². The van der Waals surface area contributed by atoms with E-state index in [1.54, 1.807) is 6.20 Å². The van der Waals surface area contributed by atoms with Crippen molar-refractivity contribution in [1.82, 2.24) is 4.98 Å². The molecule has 4 nitrogen and oxygen atoms in total. The summed E-state index contributed by atoms with van der Waals surface area (Å²) >= 11 is 0. The van der Waals surface area contributed by atoms with Crippen LogP contribution < -0.4 is 10.2 Å². The fraction of sp³-hybridized carbons (Fsp3) is 0.182. The second kappa shape index (κ2) is 8.81. The van der Waals surface area contributed by atoms with E-state index in [-0.39, 0.29) is 5.91 Å². The number of aryl methyl sites for hydroxylation is 1. The molecule has 132 valence electrons. The van der Waals surface area contributed by atoms with E-state index in [0.29, 0.717) is 6.42 Å². The highest BCUT2D eigenvalue weighted by molar-refractivity contribution is 5.90. The van der Waals surface area contributed by atoms with Gasteiger partial charge in [0.05, 0.1) is 11.9 Å². The molecule has 1 N–H and O–H groups in total. The zero-order chi connectivity index (χ0) is 18.2. The van der Waals surface area contributed by atoms with Crippen molar-refractivity contribution in [3.8, 4) is 0 Å². The molecule has 1 heterocycles. The number of nitrogens with one attached hydrogen (secondary N) is 1. The fourth-order valence-electron chi connectivity index (χ4n) is 2.75. The zero-order valence-electron chi connectivity index (χ0n) is 14.9. The Morgan fingerprint density at radius 1 is 0.923 bits per heavy atom. The van der Waals surface area contributed by atoms with Crippen LogP contribution in [0.4, 0.5) is 11.5 Å². The number of benzene rings is 2. The number of rotatable bonds is 7. The topological polar surface area (TPSA) is 45.2 Å². The molecule has 0 fully saturated rings. The van der Waals surface area contributed by atoms with Gasteiger partial charge in [-0.25, -0.2) is 4.98 Å². The molecule has 0 spiro atoms. The zero-order valence-corrected chi connectivity index (χ0v) is 14.9. The first-order valence-electron chi connectivity index (χ1n) is 8.75. The molecule has 1 aromatic heterocycles. The largest absolute Gasteiger partial charge is 0.355 e. The SMILES string of the molecule is CN(Cc1ccccc1)c1ccc(NC(=O)CCc2ccccc2)cn1. The smallest absolute Gasteiger partial charge is 0.224 e. The number of hydrogen-bond donors (Lipinski definition) is 1. The van der Waals surface area contributed by atoms with Crippen LogP contribution in [0, 0.1) is 0 Å². The van der Waals surface area contributed by atoms with Gasteiger partial charge in [-0.2, -0.15) is 0 Å². The Morgan fingerprint density at radius 2 is 1.58 bits per heavy atom. The monoisotopic (exact) mass is 345 g/mol. The molecule has 0 saturated carbocycles. The molecule has 4 heteroatoms. The van der Waals surface area contributed by atoms with Crippen molar-refractivity contribution in [2.45, 2.75) is 19.4 Å². The van der Waals surface area contributed by atoms with Crippen molar-refractivity contribution in [2.75, 3.05) is 17.3 Å². The Labute approximate surface area is 154 Å². The van der Waals surface area contributed by atoms with Crippen molar-refractivity contribution in [3.63, 3.8) is 0 Å². The van der Waals surface area contributed by atoms with Crippen LogP contribution in [0.1, 0.15) is 17.5 Å². The van der Waals surface area contributed by atoms with Gasteiger partial charge in [-0.15, -0.1) is 0 Å². The molecule has 0 atom stereocenters. The molecule has 3 rings (SSSR count). The van der Waals surface area contributed by atoms with Crippen molar-refractivity contribution >= 4 is 17.4 Å². The predicted octanol–water partition coefficient (Wildman–Crippen LogP) is 4.29. The Hall–Kier alpha value is -3.14. The summed E-state index contributed by atoms with van der Waals surface area (Å²) in [5, 5.41) is 2.91. The molecule has 0 radical (unpaired) electrons. The Balaban J connectivity index is 1.51. The molecule has 26 heavy (non-hydrogen) atoms. The molecule has 0 aliphatic heterocycles. The van der Waals surface area contributed by atoms with Gasteiger partial charge in [-0.05, 0) is 29.7 Å². The van der Waals surface area contributed by atoms with Crippen LogP contribution in [-0.4, -0.2) is 17.9 Å². The third-order valence-electron chi connectivity index (χ3n) is 4.17. The summed E-state index contributed by atoms with van der Waals surface area (Å²) in [6, 6.07) is 24.1. The van der Waals surface area contributed by atoms with Gasteiger partial charge >= 0.3 is 0 Å². The van der Waals surface area contributed by atoms with E-state index in [9.17, 15) is 4.79 Å². The molecule has 0 aliphatic carbocycles. The first-order valence-corrected chi connectivity index (χ1v) is 8.75. The number of carbonyl (C=O) groups excluding carboxylic acids is 1. The third-order valence-corrected chi connectivity index (χ3v) is 4.17. The van der Waals surface area contributed by atoms with Crippen molar-refractivity contribution in [1.29, 1.82) is 0 Å². The number of aromatic nitrogens is 1. The summed E-state index contributed by atoms with van der Waals surface area (Å²) in [4.78, 5) is 18.6. The summed E-state index contributed by atoms with van der Waals surface area (Å²) in [6.07, 6.45) is 2.90. The average Bonchev–Trinajstić information content (AvgIpc) is 2.68.